The summed E-state index contributed by atoms with van der Waals surface area (Å²) in [4.78, 5) is 20.5. The molecule has 1 amide bonds. The van der Waals surface area contributed by atoms with Gasteiger partial charge in [-0.1, -0.05) is 6.92 Å². The van der Waals surface area contributed by atoms with Crippen molar-refractivity contribution in [2.24, 2.45) is 0 Å². The number of anilines is 1. The molecule has 5 nitrogen and oxygen atoms in total. The van der Waals surface area contributed by atoms with Crippen molar-refractivity contribution in [3.63, 3.8) is 0 Å². The highest BCUT2D eigenvalue weighted by atomic mass is 19.1. The maximum Gasteiger partial charge on any atom is 0.251 e. The highest BCUT2D eigenvalue weighted by molar-refractivity contribution is 5.94. The first-order valence-corrected chi connectivity index (χ1v) is 7.70. The summed E-state index contributed by atoms with van der Waals surface area (Å²) in [6.45, 7) is 5.15. The zero-order valence-electron chi connectivity index (χ0n) is 13.4. The predicted octanol–water partition coefficient (Wildman–Crippen LogP) is 2.72. The van der Waals surface area contributed by atoms with Crippen LogP contribution < -0.4 is 10.6 Å². The Hall–Kier alpha value is -2.50. The van der Waals surface area contributed by atoms with Gasteiger partial charge in [0.05, 0.1) is 0 Å². The van der Waals surface area contributed by atoms with Crippen LogP contribution in [0.2, 0.25) is 0 Å². The minimum absolute atomic E-state index is 0.198. The topological polar surface area (TPSA) is 66.9 Å². The third-order valence-electron chi connectivity index (χ3n) is 3.30. The number of hydrogen-bond donors (Lipinski definition) is 2. The van der Waals surface area contributed by atoms with E-state index in [2.05, 4.69) is 27.5 Å². The molecule has 0 saturated heterocycles. The van der Waals surface area contributed by atoms with E-state index in [1.807, 2.05) is 13.0 Å². The highest BCUT2D eigenvalue weighted by Gasteiger charge is 2.04. The largest absolute Gasteiger partial charge is 0.370 e. The Morgan fingerprint density at radius 2 is 1.91 bits per heavy atom. The Morgan fingerprint density at radius 1 is 1.17 bits per heavy atom. The summed E-state index contributed by atoms with van der Waals surface area (Å²) in [6.07, 6.45) is 1.63. The Balaban J connectivity index is 1.72. The molecule has 1 aromatic carbocycles. The minimum atomic E-state index is -0.350. The Labute approximate surface area is 135 Å². The van der Waals surface area contributed by atoms with E-state index in [1.165, 1.54) is 24.3 Å². The smallest absolute Gasteiger partial charge is 0.251 e. The van der Waals surface area contributed by atoms with Gasteiger partial charge in [-0.3, -0.25) is 4.79 Å². The van der Waals surface area contributed by atoms with Gasteiger partial charge in [0.1, 0.15) is 17.5 Å². The SMILES string of the molecule is CCc1cc(NCCCNC(=O)c2ccc(F)cc2)nc(C)n1. The van der Waals surface area contributed by atoms with Crippen LogP contribution in [0.25, 0.3) is 0 Å². The molecule has 0 aliphatic rings. The van der Waals surface area contributed by atoms with E-state index in [0.29, 0.717) is 18.7 Å². The molecule has 0 atom stereocenters. The van der Waals surface area contributed by atoms with Crippen molar-refractivity contribution < 1.29 is 9.18 Å². The summed E-state index contributed by atoms with van der Waals surface area (Å²) < 4.78 is 12.8. The fourth-order valence-electron chi connectivity index (χ4n) is 2.11. The Kier molecular flexibility index (Phi) is 6.02. The van der Waals surface area contributed by atoms with Crippen molar-refractivity contribution in [1.82, 2.24) is 15.3 Å². The number of aromatic nitrogens is 2. The van der Waals surface area contributed by atoms with Gasteiger partial charge in [0.15, 0.2) is 0 Å². The molecule has 6 heteroatoms. The molecule has 0 aliphatic heterocycles. The number of amides is 1. The van der Waals surface area contributed by atoms with E-state index in [1.54, 1.807) is 0 Å². The molecule has 0 bridgehead atoms. The second-order valence-electron chi connectivity index (χ2n) is 5.19. The normalized spacial score (nSPS) is 10.4. The summed E-state index contributed by atoms with van der Waals surface area (Å²) >= 11 is 0. The van der Waals surface area contributed by atoms with Crippen LogP contribution in [-0.4, -0.2) is 29.0 Å². The van der Waals surface area contributed by atoms with E-state index >= 15 is 0 Å². The quantitative estimate of drug-likeness (QED) is 0.771. The fourth-order valence-corrected chi connectivity index (χ4v) is 2.11. The van der Waals surface area contributed by atoms with Crippen LogP contribution in [0, 0.1) is 12.7 Å². The summed E-state index contributed by atoms with van der Waals surface area (Å²) in [5.74, 6) is 1.00. The van der Waals surface area contributed by atoms with Crippen LogP contribution in [0.4, 0.5) is 10.2 Å². The highest BCUT2D eigenvalue weighted by Crippen LogP contribution is 2.07. The number of nitrogens with one attached hydrogen (secondary N) is 2. The van der Waals surface area contributed by atoms with Crippen LogP contribution in [0.5, 0.6) is 0 Å². The molecule has 23 heavy (non-hydrogen) atoms. The van der Waals surface area contributed by atoms with E-state index in [9.17, 15) is 9.18 Å². The van der Waals surface area contributed by atoms with Gasteiger partial charge in [0, 0.05) is 30.4 Å². The first-order valence-electron chi connectivity index (χ1n) is 7.70. The van der Waals surface area contributed by atoms with Crippen molar-refractivity contribution in [1.29, 1.82) is 0 Å². The van der Waals surface area contributed by atoms with E-state index in [-0.39, 0.29) is 11.7 Å². The summed E-state index contributed by atoms with van der Waals surface area (Å²) in [6, 6.07) is 7.43. The second-order valence-corrected chi connectivity index (χ2v) is 5.19. The maximum absolute atomic E-state index is 12.8. The number of aryl methyl sites for hydroxylation is 2. The predicted molar refractivity (Wildman–Crippen MR) is 88.0 cm³/mol. The van der Waals surface area contributed by atoms with Crippen molar-refractivity contribution in [2.75, 3.05) is 18.4 Å². The van der Waals surface area contributed by atoms with Crippen LogP contribution in [-0.2, 0) is 6.42 Å². The molecule has 0 saturated carbocycles. The van der Waals surface area contributed by atoms with E-state index < -0.39 is 0 Å². The van der Waals surface area contributed by atoms with Gasteiger partial charge in [0.2, 0.25) is 0 Å². The van der Waals surface area contributed by atoms with Crippen LogP contribution in [0.15, 0.2) is 30.3 Å². The molecule has 2 aromatic rings. The molecular formula is C17H21FN4O. The standard InChI is InChI=1S/C17H21FN4O/c1-3-15-11-16(22-12(2)21-15)19-9-4-10-20-17(23)13-5-7-14(18)8-6-13/h5-8,11H,3-4,9-10H2,1-2H3,(H,20,23)(H,19,21,22). The number of benzene rings is 1. The molecule has 1 heterocycles. The van der Waals surface area contributed by atoms with Gasteiger partial charge in [-0.2, -0.15) is 0 Å². The van der Waals surface area contributed by atoms with Crippen molar-refractivity contribution in [3.05, 3.63) is 53.2 Å². The van der Waals surface area contributed by atoms with Gasteiger partial charge >= 0.3 is 0 Å². The first kappa shape index (κ1) is 16.9. The van der Waals surface area contributed by atoms with Gasteiger partial charge in [-0.15, -0.1) is 0 Å². The third-order valence-corrected chi connectivity index (χ3v) is 3.30. The summed E-state index contributed by atoms with van der Waals surface area (Å²) in [5, 5.41) is 6.03. The zero-order chi connectivity index (χ0) is 16.7. The molecule has 2 N–H and O–H groups in total. The first-order chi connectivity index (χ1) is 11.1. The Bertz CT molecular complexity index is 658. The van der Waals surface area contributed by atoms with Crippen LogP contribution in [0.3, 0.4) is 0 Å². The molecule has 0 unspecified atom stereocenters. The second kappa shape index (κ2) is 8.22. The lowest BCUT2D eigenvalue weighted by molar-refractivity contribution is 0.0953. The molecule has 122 valence electrons. The van der Waals surface area contributed by atoms with E-state index in [0.717, 1.165) is 30.2 Å². The van der Waals surface area contributed by atoms with Crippen LogP contribution in [0.1, 0.15) is 35.2 Å². The number of hydrogen-bond acceptors (Lipinski definition) is 4. The average molecular weight is 316 g/mol. The molecule has 2 rings (SSSR count). The average Bonchev–Trinajstić information content (AvgIpc) is 2.54. The lowest BCUT2D eigenvalue weighted by Crippen LogP contribution is -2.25. The number of nitrogens with zero attached hydrogens (tertiary/aromatic N) is 2. The lowest BCUT2D eigenvalue weighted by atomic mass is 10.2. The summed E-state index contributed by atoms with van der Waals surface area (Å²) in [5.41, 5.74) is 1.46. The van der Waals surface area contributed by atoms with Crippen molar-refractivity contribution in [3.8, 4) is 0 Å². The third kappa shape index (κ3) is 5.32. The lowest BCUT2D eigenvalue weighted by Gasteiger charge is -2.09. The van der Waals surface area contributed by atoms with Crippen molar-refractivity contribution in [2.45, 2.75) is 26.7 Å². The zero-order valence-corrected chi connectivity index (χ0v) is 13.4. The van der Waals surface area contributed by atoms with E-state index in [4.69, 9.17) is 0 Å². The van der Waals surface area contributed by atoms with Gasteiger partial charge in [-0.25, -0.2) is 14.4 Å². The fraction of sp³-hybridized carbons (Fsp3) is 0.353. The monoisotopic (exact) mass is 316 g/mol. The van der Waals surface area contributed by atoms with Gasteiger partial charge in [-0.05, 0) is 44.0 Å². The van der Waals surface area contributed by atoms with Crippen LogP contribution >= 0.6 is 0 Å². The summed E-state index contributed by atoms with van der Waals surface area (Å²) in [7, 11) is 0. The number of carbonyl (C=O) groups is 1. The number of halogens is 1. The van der Waals surface area contributed by atoms with Gasteiger partial charge in [0.25, 0.3) is 5.91 Å². The number of rotatable bonds is 7. The molecule has 0 radical (unpaired) electrons. The van der Waals surface area contributed by atoms with Crippen molar-refractivity contribution >= 4 is 11.7 Å². The van der Waals surface area contributed by atoms with Gasteiger partial charge < -0.3 is 10.6 Å². The molecule has 0 aliphatic carbocycles. The molecule has 0 fully saturated rings. The number of carbonyl (C=O) groups excluding carboxylic acids is 1. The Morgan fingerprint density at radius 3 is 2.61 bits per heavy atom. The molecule has 0 spiro atoms. The minimum Gasteiger partial charge on any atom is -0.370 e. The molecule has 1 aromatic heterocycles. The molecular weight excluding hydrogens is 295 g/mol. The maximum atomic E-state index is 12.8.